The van der Waals surface area contributed by atoms with Gasteiger partial charge in [-0.05, 0) is 43.8 Å². The predicted octanol–water partition coefficient (Wildman–Crippen LogP) is 3.23. The van der Waals surface area contributed by atoms with Crippen molar-refractivity contribution in [1.82, 2.24) is 9.62 Å². The molecule has 0 aliphatic carbocycles. The van der Waals surface area contributed by atoms with Crippen LogP contribution in [0.25, 0.3) is 0 Å². The van der Waals surface area contributed by atoms with Crippen molar-refractivity contribution in [3.63, 3.8) is 0 Å². The summed E-state index contributed by atoms with van der Waals surface area (Å²) in [7, 11) is -0.438. The zero-order valence-corrected chi connectivity index (χ0v) is 16.1. The number of alkyl halides is 1. The molecule has 2 aromatic carbocycles. The molecule has 2 atom stereocenters. The molecule has 2 aromatic rings. The third-order valence-electron chi connectivity index (χ3n) is 4.16. The fourth-order valence-corrected chi connectivity index (χ4v) is 4.70. The number of ether oxygens (including phenoxy) is 1. The first kappa shape index (κ1) is 19.7. The highest BCUT2D eigenvalue weighted by Gasteiger charge is 2.34. The van der Waals surface area contributed by atoms with Gasteiger partial charge in [0.2, 0.25) is 10.0 Å². The molecule has 0 fully saturated rings. The summed E-state index contributed by atoms with van der Waals surface area (Å²) in [6.07, 6.45) is 0. The van der Waals surface area contributed by atoms with Crippen molar-refractivity contribution in [3.05, 3.63) is 60.2 Å². The van der Waals surface area contributed by atoms with Crippen molar-refractivity contribution in [1.29, 1.82) is 0 Å². The molecule has 0 heterocycles. The van der Waals surface area contributed by atoms with Gasteiger partial charge in [-0.2, -0.15) is 4.31 Å². The average molecular weight is 383 g/mol. The highest BCUT2D eigenvalue weighted by atomic mass is 35.5. The molecule has 0 spiro atoms. The first-order valence-electron chi connectivity index (χ1n) is 7.89. The summed E-state index contributed by atoms with van der Waals surface area (Å²) in [5.74, 6) is 0.597. The van der Waals surface area contributed by atoms with Crippen LogP contribution >= 0.6 is 11.6 Å². The van der Waals surface area contributed by atoms with Gasteiger partial charge in [0.05, 0.1) is 24.1 Å². The smallest absolute Gasteiger partial charge is 0.244 e. The lowest BCUT2D eigenvalue weighted by molar-refractivity contribution is 0.301. The summed E-state index contributed by atoms with van der Waals surface area (Å²) in [5.41, 5.74) is 0.877. The Kier molecular flexibility index (Phi) is 6.84. The molecule has 136 valence electrons. The Labute approximate surface area is 154 Å². The van der Waals surface area contributed by atoms with Gasteiger partial charge in [0.25, 0.3) is 0 Å². The van der Waals surface area contributed by atoms with Crippen molar-refractivity contribution in [2.24, 2.45) is 0 Å². The second-order valence-corrected chi connectivity index (χ2v) is 7.75. The maximum absolute atomic E-state index is 13.2. The Morgan fingerprint density at radius 3 is 2.20 bits per heavy atom. The Bertz CT molecular complexity index is 767. The molecule has 0 saturated heterocycles. The summed E-state index contributed by atoms with van der Waals surface area (Å²) in [5, 5.41) is 3.14. The number of hydrogen-bond donors (Lipinski definition) is 1. The van der Waals surface area contributed by atoms with Crippen LogP contribution in [0.3, 0.4) is 0 Å². The number of halogens is 1. The van der Waals surface area contributed by atoms with Gasteiger partial charge in [-0.25, -0.2) is 8.42 Å². The Morgan fingerprint density at radius 1 is 1.12 bits per heavy atom. The zero-order chi connectivity index (χ0) is 18.4. The van der Waals surface area contributed by atoms with Crippen LogP contribution in [0.4, 0.5) is 0 Å². The lowest BCUT2D eigenvalue weighted by Gasteiger charge is -2.33. The van der Waals surface area contributed by atoms with Gasteiger partial charge in [-0.3, -0.25) is 0 Å². The van der Waals surface area contributed by atoms with Crippen molar-refractivity contribution < 1.29 is 13.2 Å². The number of methoxy groups -OCH3 is 1. The summed E-state index contributed by atoms with van der Waals surface area (Å²) in [6, 6.07) is 15.1. The van der Waals surface area contributed by atoms with Crippen LogP contribution in [0.2, 0.25) is 0 Å². The van der Waals surface area contributed by atoms with Gasteiger partial charge in [0.15, 0.2) is 0 Å². The minimum atomic E-state index is -3.77. The van der Waals surface area contributed by atoms with E-state index in [9.17, 15) is 8.42 Å². The van der Waals surface area contributed by atoms with E-state index in [4.69, 9.17) is 16.3 Å². The predicted molar refractivity (Wildman–Crippen MR) is 100 cm³/mol. The first-order valence-corrected chi connectivity index (χ1v) is 9.87. The molecule has 0 aliphatic rings. The van der Waals surface area contributed by atoms with Gasteiger partial charge in [0, 0.05) is 6.04 Å². The monoisotopic (exact) mass is 382 g/mol. The number of nitrogens with one attached hydrogen (secondary N) is 1. The lowest BCUT2D eigenvalue weighted by atomic mass is 10.0. The standard InChI is InChI=1S/C18H23ClN2O3S/c1-14(20-2)18(15-7-5-4-6-8-15)21(13-19)25(22,23)17-11-9-16(24-3)10-12-17/h4-12,14,18,20H,13H2,1-3H3/t14-,18+/m0/s1. The molecule has 0 unspecified atom stereocenters. The van der Waals surface area contributed by atoms with E-state index in [2.05, 4.69) is 5.32 Å². The van der Waals surface area contributed by atoms with Crippen LogP contribution < -0.4 is 10.1 Å². The fourth-order valence-electron chi connectivity index (χ4n) is 2.68. The quantitative estimate of drug-likeness (QED) is 0.562. The maximum Gasteiger partial charge on any atom is 0.244 e. The third kappa shape index (κ3) is 4.33. The number of rotatable bonds is 8. The van der Waals surface area contributed by atoms with Gasteiger partial charge >= 0.3 is 0 Å². The normalized spacial score (nSPS) is 14.3. The Morgan fingerprint density at radius 2 is 1.72 bits per heavy atom. The van der Waals surface area contributed by atoms with Crippen LogP contribution in [0, 0.1) is 0 Å². The zero-order valence-electron chi connectivity index (χ0n) is 14.5. The average Bonchev–Trinajstić information content (AvgIpc) is 2.65. The second-order valence-electron chi connectivity index (χ2n) is 5.62. The molecule has 7 heteroatoms. The van der Waals surface area contributed by atoms with Crippen molar-refractivity contribution in [2.45, 2.75) is 23.9 Å². The number of sulfonamides is 1. The Hall–Kier alpha value is -1.60. The van der Waals surface area contributed by atoms with Gasteiger partial charge in [-0.1, -0.05) is 30.3 Å². The van der Waals surface area contributed by atoms with Crippen LogP contribution in [0.1, 0.15) is 18.5 Å². The molecule has 0 aliphatic heterocycles. The summed E-state index contributed by atoms with van der Waals surface area (Å²) >= 11 is 6.10. The highest BCUT2D eigenvalue weighted by Crippen LogP contribution is 2.31. The number of likely N-dealkylation sites (N-methyl/N-ethyl adjacent to an activating group) is 1. The topological polar surface area (TPSA) is 58.6 Å². The van der Waals surface area contributed by atoms with E-state index < -0.39 is 16.1 Å². The maximum atomic E-state index is 13.2. The molecule has 0 saturated carbocycles. The van der Waals surface area contributed by atoms with Crippen LogP contribution in [-0.4, -0.2) is 38.9 Å². The van der Waals surface area contributed by atoms with Crippen molar-refractivity contribution in [2.75, 3.05) is 20.2 Å². The Balaban J connectivity index is 2.48. The molecule has 0 aromatic heterocycles. The van der Waals surface area contributed by atoms with E-state index >= 15 is 0 Å². The van der Waals surface area contributed by atoms with E-state index in [-0.39, 0.29) is 16.9 Å². The van der Waals surface area contributed by atoms with Crippen LogP contribution in [0.15, 0.2) is 59.5 Å². The molecular formula is C18H23ClN2O3S. The fraction of sp³-hybridized carbons (Fsp3) is 0.333. The van der Waals surface area contributed by atoms with Gasteiger partial charge in [0.1, 0.15) is 5.75 Å². The molecule has 25 heavy (non-hydrogen) atoms. The highest BCUT2D eigenvalue weighted by molar-refractivity contribution is 7.89. The lowest BCUT2D eigenvalue weighted by Crippen LogP contribution is -2.43. The van der Waals surface area contributed by atoms with Crippen molar-refractivity contribution >= 4 is 21.6 Å². The third-order valence-corrected chi connectivity index (χ3v) is 6.40. The summed E-state index contributed by atoms with van der Waals surface area (Å²) in [6.45, 7) is 1.93. The van der Waals surface area contributed by atoms with E-state index in [1.54, 1.807) is 19.2 Å². The molecule has 5 nitrogen and oxygen atoms in total. The minimum Gasteiger partial charge on any atom is -0.497 e. The second kappa shape index (κ2) is 8.67. The largest absolute Gasteiger partial charge is 0.497 e. The molecule has 0 radical (unpaired) electrons. The molecule has 2 rings (SSSR count). The van der Waals surface area contributed by atoms with Crippen LogP contribution in [-0.2, 0) is 10.0 Å². The summed E-state index contributed by atoms with van der Waals surface area (Å²) in [4.78, 5) is 0.179. The van der Waals surface area contributed by atoms with E-state index in [0.717, 1.165) is 5.56 Å². The van der Waals surface area contributed by atoms with Gasteiger partial charge in [-0.15, -0.1) is 11.6 Å². The van der Waals surface area contributed by atoms with E-state index in [1.807, 2.05) is 37.3 Å². The first-order chi connectivity index (χ1) is 12.0. The molecule has 0 bridgehead atoms. The number of nitrogens with zero attached hydrogens (tertiary/aromatic N) is 1. The minimum absolute atomic E-state index is 0.130. The molecular weight excluding hydrogens is 360 g/mol. The van der Waals surface area contributed by atoms with E-state index in [0.29, 0.717) is 5.75 Å². The number of hydrogen-bond acceptors (Lipinski definition) is 4. The number of benzene rings is 2. The molecule has 1 N–H and O–H groups in total. The summed E-state index contributed by atoms with van der Waals surface area (Å²) < 4.78 is 32.8. The van der Waals surface area contributed by atoms with Crippen molar-refractivity contribution in [3.8, 4) is 5.75 Å². The molecule has 0 amide bonds. The van der Waals surface area contributed by atoms with E-state index in [1.165, 1.54) is 23.5 Å². The SMILES string of the molecule is CN[C@@H](C)[C@H](c1ccccc1)N(CCl)S(=O)(=O)c1ccc(OC)cc1. The van der Waals surface area contributed by atoms with Gasteiger partial charge < -0.3 is 10.1 Å². The van der Waals surface area contributed by atoms with Crippen LogP contribution in [0.5, 0.6) is 5.75 Å².